The van der Waals surface area contributed by atoms with Crippen molar-refractivity contribution in [3.05, 3.63) is 54.4 Å². The number of hydrogen-bond acceptors (Lipinski definition) is 4. The Kier molecular flexibility index (Phi) is 5.24. The second kappa shape index (κ2) is 7.15. The Balaban J connectivity index is 1.96. The Morgan fingerprint density at radius 2 is 1.73 bits per heavy atom. The third-order valence-corrected chi connectivity index (χ3v) is 4.42. The van der Waals surface area contributed by atoms with Crippen molar-refractivity contribution in [1.82, 2.24) is 9.71 Å². The molecule has 0 aliphatic carbocycles. The normalized spacial score (nSPS) is 11.1. The molecule has 7 heteroatoms. The molecule has 0 unspecified atom stereocenters. The van der Waals surface area contributed by atoms with E-state index in [2.05, 4.69) is 15.0 Å². The summed E-state index contributed by atoms with van der Waals surface area (Å²) >= 11 is 0. The van der Waals surface area contributed by atoms with Crippen molar-refractivity contribution in [2.45, 2.75) is 18.2 Å². The predicted octanol–water partition coefficient (Wildman–Crippen LogP) is 1.56. The number of anilines is 1. The van der Waals surface area contributed by atoms with Gasteiger partial charge in [0.25, 0.3) is 0 Å². The van der Waals surface area contributed by atoms with Crippen LogP contribution in [0.1, 0.15) is 12.5 Å². The molecule has 1 heterocycles. The van der Waals surface area contributed by atoms with Crippen molar-refractivity contribution in [1.29, 1.82) is 0 Å². The van der Waals surface area contributed by atoms with Crippen LogP contribution >= 0.6 is 0 Å². The Morgan fingerprint density at radius 3 is 2.32 bits per heavy atom. The smallest absolute Gasteiger partial charge is 0.240 e. The summed E-state index contributed by atoms with van der Waals surface area (Å²) in [4.78, 5) is 15.0. The third-order valence-electron chi connectivity index (χ3n) is 2.94. The summed E-state index contributed by atoms with van der Waals surface area (Å²) < 4.78 is 26.8. The highest BCUT2D eigenvalue weighted by molar-refractivity contribution is 7.89. The maximum absolute atomic E-state index is 12.1. The van der Waals surface area contributed by atoms with Crippen LogP contribution in [0, 0.1) is 0 Å². The molecule has 2 N–H and O–H groups in total. The summed E-state index contributed by atoms with van der Waals surface area (Å²) in [6.07, 6.45) is 3.93. The first-order valence-electron chi connectivity index (χ1n) is 6.73. The second-order valence-electron chi connectivity index (χ2n) is 4.71. The molecule has 0 radical (unpaired) electrons. The number of amides is 1. The van der Waals surface area contributed by atoms with Gasteiger partial charge in [0.05, 0.1) is 4.90 Å². The molecule has 1 aromatic heterocycles. The van der Waals surface area contributed by atoms with E-state index in [1.54, 1.807) is 24.5 Å². The van der Waals surface area contributed by atoms with Crippen LogP contribution in [0.2, 0.25) is 0 Å². The minimum absolute atomic E-state index is 0.163. The van der Waals surface area contributed by atoms with E-state index in [1.807, 2.05) is 12.1 Å². The number of aromatic nitrogens is 1. The van der Waals surface area contributed by atoms with Crippen LogP contribution in [0.5, 0.6) is 0 Å². The highest BCUT2D eigenvalue weighted by atomic mass is 32.2. The summed E-state index contributed by atoms with van der Waals surface area (Å²) in [6, 6.07) is 9.71. The molecule has 0 spiro atoms. The SMILES string of the molecule is CC(=O)Nc1ccc(S(=O)(=O)NCCc2ccncc2)cc1. The van der Waals surface area contributed by atoms with Gasteiger partial charge in [-0.25, -0.2) is 13.1 Å². The first-order chi connectivity index (χ1) is 10.5. The predicted molar refractivity (Wildman–Crippen MR) is 83.9 cm³/mol. The van der Waals surface area contributed by atoms with Crippen LogP contribution in [-0.2, 0) is 21.2 Å². The van der Waals surface area contributed by atoms with Crippen LogP contribution in [0.3, 0.4) is 0 Å². The van der Waals surface area contributed by atoms with Crippen molar-refractivity contribution < 1.29 is 13.2 Å². The lowest BCUT2D eigenvalue weighted by Crippen LogP contribution is -2.26. The van der Waals surface area contributed by atoms with Crippen LogP contribution in [0.25, 0.3) is 0 Å². The van der Waals surface area contributed by atoms with Crippen molar-refractivity contribution in [3.8, 4) is 0 Å². The maximum Gasteiger partial charge on any atom is 0.240 e. The fourth-order valence-corrected chi connectivity index (χ4v) is 2.92. The monoisotopic (exact) mass is 319 g/mol. The van der Waals surface area contributed by atoms with E-state index in [1.165, 1.54) is 19.1 Å². The van der Waals surface area contributed by atoms with E-state index in [0.717, 1.165) is 5.56 Å². The summed E-state index contributed by atoms with van der Waals surface area (Å²) in [6.45, 7) is 1.70. The molecule has 0 aliphatic rings. The van der Waals surface area contributed by atoms with Gasteiger partial charge in [-0.05, 0) is 48.4 Å². The second-order valence-corrected chi connectivity index (χ2v) is 6.48. The van der Waals surface area contributed by atoms with Gasteiger partial charge < -0.3 is 5.32 Å². The van der Waals surface area contributed by atoms with Gasteiger partial charge in [-0.1, -0.05) is 0 Å². The van der Waals surface area contributed by atoms with Crippen LogP contribution in [0.15, 0.2) is 53.7 Å². The van der Waals surface area contributed by atoms with Gasteiger partial charge in [0, 0.05) is 31.5 Å². The lowest BCUT2D eigenvalue weighted by Gasteiger charge is -2.08. The maximum atomic E-state index is 12.1. The zero-order valence-electron chi connectivity index (χ0n) is 12.1. The van der Waals surface area contributed by atoms with Crippen LogP contribution < -0.4 is 10.0 Å². The molecule has 116 valence electrons. The van der Waals surface area contributed by atoms with E-state index in [-0.39, 0.29) is 10.8 Å². The minimum Gasteiger partial charge on any atom is -0.326 e. The lowest BCUT2D eigenvalue weighted by molar-refractivity contribution is -0.114. The fraction of sp³-hybridized carbons (Fsp3) is 0.200. The Labute approximate surface area is 129 Å². The van der Waals surface area contributed by atoms with E-state index in [4.69, 9.17) is 0 Å². The summed E-state index contributed by atoms with van der Waals surface area (Å²) in [5.41, 5.74) is 1.57. The molecular formula is C15H17N3O3S. The molecule has 2 rings (SSSR count). The molecule has 1 amide bonds. The number of nitrogens with zero attached hydrogens (tertiary/aromatic N) is 1. The first kappa shape index (κ1) is 16.1. The number of hydrogen-bond donors (Lipinski definition) is 2. The van der Waals surface area contributed by atoms with E-state index in [0.29, 0.717) is 18.7 Å². The summed E-state index contributed by atoms with van der Waals surface area (Å²) in [7, 11) is -3.55. The Morgan fingerprint density at radius 1 is 1.09 bits per heavy atom. The molecule has 0 saturated carbocycles. The zero-order valence-corrected chi connectivity index (χ0v) is 12.9. The third kappa shape index (κ3) is 4.64. The van der Waals surface area contributed by atoms with Crippen molar-refractivity contribution in [2.24, 2.45) is 0 Å². The Hall–Kier alpha value is -2.25. The van der Waals surface area contributed by atoms with E-state index in [9.17, 15) is 13.2 Å². The molecule has 6 nitrogen and oxygen atoms in total. The van der Waals surface area contributed by atoms with E-state index < -0.39 is 10.0 Å². The largest absolute Gasteiger partial charge is 0.326 e. The van der Waals surface area contributed by atoms with Gasteiger partial charge in [-0.15, -0.1) is 0 Å². The number of sulfonamides is 1. The van der Waals surface area contributed by atoms with E-state index >= 15 is 0 Å². The zero-order chi connectivity index (χ0) is 16.0. The molecule has 0 bridgehead atoms. The molecule has 0 saturated heterocycles. The number of carbonyl (C=O) groups excluding carboxylic acids is 1. The van der Waals surface area contributed by atoms with Crippen molar-refractivity contribution >= 4 is 21.6 Å². The number of pyridine rings is 1. The summed E-state index contributed by atoms with van der Waals surface area (Å²) in [5, 5.41) is 2.59. The molecular weight excluding hydrogens is 302 g/mol. The van der Waals surface area contributed by atoms with Gasteiger partial charge in [0.1, 0.15) is 0 Å². The van der Waals surface area contributed by atoms with Gasteiger partial charge in [0.15, 0.2) is 0 Å². The minimum atomic E-state index is -3.55. The average Bonchev–Trinajstić information content (AvgIpc) is 2.48. The lowest BCUT2D eigenvalue weighted by atomic mass is 10.2. The van der Waals surface area contributed by atoms with Crippen molar-refractivity contribution in [2.75, 3.05) is 11.9 Å². The number of rotatable bonds is 6. The van der Waals surface area contributed by atoms with Gasteiger partial charge >= 0.3 is 0 Å². The molecule has 0 aliphatic heterocycles. The highest BCUT2D eigenvalue weighted by Gasteiger charge is 2.13. The molecule has 22 heavy (non-hydrogen) atoms. The standard InChI is InChI=1S/C15H17N3O3S/c1-12(19)18-14-2-4-15(5-3-14)22(20,21)17-11-8-13-6-9-16-10-7-13/h2-7,9-10,17H,8,11H2,1H3,(H,18,19). The quantitative estimate of drug-likeness (QED) is 0.846. The Bertz CT molecular complexity index is 728. The van der Waals surface area contributed by atoms with Gasteiger partial charge in [-0.2, -0.15) is 0 Å². The van der Waals surface area contributed by atoms with Crippen molar-refractivity contribution in [3.63, 3.8) is 0 Å². The summed E-state index contributed by atoms with van der Waals surface area (Å²) in [5.74, 6) is -0.203. The molecule has 1 aromatic carbocycles. The number of nitrogens with one attached hydrogen (secondary N) is 2. The molecule has 0 fully saturated rings. The molecule has 0 atom stereocenters. The average molecular weight is 319 g/mol. The highest BCUT2D eigenvalue weighted by Crippen LogP contribution is 2.14. The van der Waals surface area contributed by atoms with Crippen LogP contribution in [0.4, 0.5) is 5.69 Å². The van der Waals surface area contributed by atoms with Crippen LogP contribution in [-0.4, -0.2) is 25.9 Å². The number of benzene rings is 1. The number of carbonyl (C=O) groups is 1. The van der Waals surface area contributed by atoms with Gasteiger partial charge in [0.2, 0.25) is 15.9 Å². The topological polar surface area (TPSA) is 88.2 Å². The first-order valence-corrected chi connectivity index (χ1v) is 8.22. The fourth-order valence-electron chi connectivity index (χ4n) is 1.88. The molecule has 2 aromatic rings. The van der Waals surface area contributed by atoms with Gasteiger partial charge in [-0.3, -0.25) is 9.78 Å².